The summed E-state index contributed by atoms with van der Waals surface area (Å²) in [4.78, 5) is 0. The van der Waals surface area contributed by atoms with Crippen LogP contribution in [-0.4, -0.2) is 0 Å². The minimum absolute atomic E-state index is 0.634. The zero-order valence-corrected chi connectivity index (χ0v) is 11.4. The predicted octanol–water partition coefficient (Wildman–Crippen LogP) is 5.53. The predicted molar refractivity (Wildman–Crippen MR) is 71.4 cm³/mol. The summed E-state index contributed by atoms with van der Waals surface area (Å²) in [7, 11) is 0. The van der Waals surface area contributed by atoms with Gasteiger partial charge in [-0.15, -0.1) is 0 Å². The first-order valence-electron chi connectivity index (χ1n) is 6.00. The van der Waals surface area contributed by atoms with E-state index < -0.39 is 0 Å². The molecule has 1 aliphatic rings. The van der Waals surface area contributed by atoms with E-state index in [2.05, 4.69) is 26.0 Å². The highest BCUT2D eigenvalue weighted by Crippen LogP contribution is 2.40. The van der Waals surface area contributed by atoms with Crippen LogP contribution in [0.4, 0.5) is 0 Å². The Morgan fingerprint density at radius 3 is 1.88 bits per heavy atom. The van der Waals surface area contributed by atoms with Crippen molar-refractivity contribution < 1.29 is 0 Å². The molecule has 0 nitrogen and oxygen atoms in total. The van der Waals surface area contributed by atoms with Crippen LogP contribution in [-0.2, 0) is 0 Å². The maximum Gasteiger partial charge on any atom is 0.0423 e. The van der Waals surface area contributed by atoms with Crippen molar-refractivity contribution in [3.63, 3.8) is 0 Å². The molecule has 0 N–H and O–H groups in total. The summed E-state index contributed by atoms with van der Waals surface area (Å²) in [5, 5.41) is 1.52. The van der Waals surface area contributed by atoms with E-state index in [1.54, 1.807) is 0 Å². The van der Waals surface area contributed by atoms with Gasteiger partial charge in [-0.2, -0.15) is 0 Å². The van der Waals surface area contributed by atoms with Crippen LogP contribution < -0.4 is 0 Å². The van der Waals surface area contributed by atoms with E-state index in [9.17, 15) is 0 Å². The molecule has 2 rings (SSSR count). The fraction of sp³-hybridized carbons (Fsp3) is 0.571. The van der Waals surface area contributed by atoms with Gasteiger partial charge in [0, 0.05) is 10.0 Å². The Morgan fingerprint density at radius 2 is 1.38 bits per heavy atom. The van der Waals surface area contributed by atoms with Gasteiger partial charge in [-0.05, 0) is 60.8 Å². The van der Waals surface area contributed by atoms with Crippen LogP contribution in [0, 0.1) is 11.8 Å². The van der Waals surface area contributed by atoms with Gasteiger partial charge in [-0.3, -0.25) is 0 Å². The Balaban J connectivity index is 2.22. The van der Waals surface area contributed by atoms with Crippen molar-refractivity contribution in [3.8, 4) is 0 Å². The van der Waals surface area contributed by atoms with Gasteiger partial charge in [0.05, 0.1) is 0 Å². The molecule has 2 heteroatoms. The van der Waals surface area contributed by atoms with Crippen LogP contribution >= 0.6 is 23.2 Å². The van der Waals surface area contributed by atoms with Crippen molar-refractivity contribution in [2.75, 3.05) is 0 Å². The van der Waals surface area contributed by atoms with Crippen LogP contribution in [0.2, 0.25) is 10.0 Å². The van der Waals surface area contributed by atoms with Gasteiger partial charge in [0.1, 0.15) is 0 Å². The molecular weight excluding hydrogens is 239 g/mol. The molecule has 0 saturated heterocycles. The number of hydrogen-bond donors (Lipinski definition) is 0. The highest BCUT2D eigenvalue weighted by atomic mass is 35.5. The zero-order chi connectivity index (χ0) is 11.7. The molecule has 2 atom stereocenters. The molecule has 1 saturated carbocycles. The van der Waals surface area contributed by atoms with Crippen molar-refractivity contribution in [2.45, 2.75) is 39.0 Å². The van der Waals surface area contributed by atoms with Crippen molar-refractivity contribution in [2.24, 2.45) is 11.8 Å². The summed E-state index contributed by atoms with van der Waals surface area (Å²) in [6.07, 6.45) is 3.88. The first-order valence-corrected chi connectivity index (χ1v) is 6.76. The first kappa shape index (κ1) is 12.3. The summed E-state index contributed by atoms with van der Waals surface area (Å²) < 4.78 is 0. The molecule has 2 unspecified atom stereocenters. The number of halogens is 2. The Labute approximate surface area is 108 Å². The lowest BCUT2D eigenvalue weighted by Gasteiger charge is -2.31. The Bertz CT molecular complexity index is 343. The molecule has 1 fully saturated rings. The smallest absolute Gasteiger partial charge is 0.0423 e. The Kier molecular flexibility index (Phi) is 3.81. The zero-order valence-electron chi connectivity index (χ0n) is 9.84. The topological polar surface area (TPSA) is 0 Å². The summed E-state index contributed by atoms with van der Waals surface area (Å²) in [6, 6.07) is 5.95. The van der Waals surface area contributed by atoms with E-state index in [-0.39, 0.29) is 0 Å². The largest absolute Gasteiger partial charge is 0.0843 e. The summed E-state index contributed by atoms with van der Waals surface area (Å²) in [6.45, 7) is 4.68. The second-order valence-corrected chi connectivity index (χ2v) is 6.19. The van der Waals surface area contributed by atoms with E-state index >= 15 is 0 Å². The molecule has 1 aromatic rings. The van der Waals surface area contributed by atoms with Crippen LogP contribution in [0.3, 0.4) is 0 Å². The molecule has 0 radical (unpaired) electrons. The third kappa shape index (κ3) is 2.93. The van der Waals surface area contributed by atoms with Crippen LogP contribution in [0.15, 0.2) is 18.2 Å². The van der Waals surface area contributed by atoms with Gasteiger partial charge in [-0.1, -0.05) is 37.0 Å². The number of hydrogen-bond acceptors (Lipinski definition) is 0. The normalized spacial score (nSPS) is 30.4. The molecule has 0 heterocycles. The van der Waals surface area contributed by atoms with Crippen LogP contribution in [0.5, 0.6) is 0 Å². The monoisotopic (exact) mass is 256 g/mol. The van der Waals surface area contributed by atoms with Crippen molar-refractivity contribution in [1.82, 2.24) is 0 Å². The van der Waals surface area contributed by atoms with Crippen molar-refractivity contribution >= 4 is 23.2 Å². The minimum atomic E-state index is 0.634. The molecule has 0 aromatic heterocycles. The molecule has 0 amide bonds. The fourth-order valence-electron chi connectivity index (χ4n) is 3.03. The van der Waals surface area contributed by atoms with E-state index in [4.69, 9.17) is 23.2 Å². The summed E-state index contributed by atoms with van der Waals surface area (Å²) >= 11 is 12.1. The minimum Gasteiger partial charge on any atom is -0.0843 e. The van der Waals surface area contributed by atoms with E-state index in [1.807, 2.05) is 6.07 Å². The van der Waals surface area contributed by atoms with Gasteiger partial charge in [0.2, 0.25) is 0 Å². The first-order chi connectivity index (χ1) is 7.54. The average Bonchev–Trinajstić information content (AvgIpc) is 2.14. The number of rotatable bonds is 1. The molecule has 16 heavy (non-hydrogen) atoms. The lowest BCUT2D eigenvalue weighted by atomic mass is 9.74. The molecular formula is C14H18Cl2. The second-order valence-electron chi connectivity index (χ2n) is 5.32. The van der Waals surface area contributed by atoms with Gasteiger partial charge >= 0.3 is 0 Å². The molecule has 0 aliphatic heterocycles. The van der Waals surface area contributed by atoms with E-state index in [1.165, 1.54) is 24.8 Å². The molecule has 88 valence electrons. The lowest BCUT2D eigenvalue weighted by molar-refractivity contribution is 0.268. The van der Waals surface area contributed by atoms with E-state index in [0.29, 0.717) is 5.92 Å². The Morgan fingerprint density at radius 1 is 0.875 bits per heavy atom. The molecule has 0 spiro atoms. The SMILES string of the molecule is CC1CC(C)CC(c2cc(Cl)cc(Cl)c2)C1. The molecule has 0 bridgehead atoms. The highest BCUT2D eigenvalue weighted by molar-refractivity contribution is 6.34. The van der Waals surface area contributed by atoms with Crippen molar-refractivity contribution in [1.29, 1.82) is 0 Å². The van der Waals surface area contributed by atoms with E-state index in [0.717, 1.165) is 21.9 Å². The van der Waals surface area contributed by atoms with Gasteiger partial charge in [0.15, 0.2) is 0 Å². The number of benzene rings is 1. The lowest BCUT2D eigenvalue weighted by Crippen LogP contribution is -2.18. The van der Waals surface area contributed by atoms with Crippen molar-refractivity contribution in [3.05, 3.63) is 33.8 Å². The van der Waals surface area contributed by atoms with Gasteiger partial charge in [-0.25, -0.2) is 0 Å². The van der Waals surface area contributed by atoms with Crippen LogP contribution in [0.1, 0.15) is 44.6 Å². The molecule has 1 aliphatic carbocycles. The maximum atomic E-state index is 6.06. The fourth-order valence-corrected chi connectivity index (χ4v) is 3.57. The standard InChI is InChI=1S/C14H18Cl2/c1-9-3-10(2)5-11(4-9)12-6-13(15)8-14(16)7-12/h6-11H,3-5H2,1-2H3. The quantitative estimate of drug-likeness (QED) is 0.620. The Hall–Kier alpha value is -0.200. The van der Waals surface area contributed by atoms with Gasteiger partial charge in [0.25, 0.3) is 0 Å². The maximum absolute atomic E-state index is 6.06. The highest BCUT2D eigenvalue weighted by Gasteiger charge is 2.25. The summed E-state index contributed by atoms with van der Waals surface area (Å²) in [5.74, 6) is 2.26. The van der Waals surface area contributed by atoms with Gasteiger partial charge < -0.3 is 0 Å². The average molecular weight is 257 g/mol. The molecule has 1 aromatic carbocycles. The summed E-state index contributed by atoms with van der Waals surface area (Å²) in [5.41, 5.74) is 1.32. The third-order valence-corrected chi connectivity index (χ3v) is 3.97. The second kappa shape index (κ2) is 4.98. The van der Waals surface area contributed by atoms with Crippen LogP contribution in [0.25, 0.3) is 0 Å². The third-order valence-electron chi connectivity index (χ3n) is 3.53.